The number of fused-ring (bicyclic) bond motifs is 1. The lowest BCUT2D eigenvalue weighted by Crippen LogP contribution is -2.53. The molecule has 2 atom stereocenters. The van der Waals surface area contributed by atoms with Crippen molar-refractivity contribution in [3.63, 3.8) is 0 Å². The smallest absolute Gasteiger partial charge is 0.243 e. The molecule has 0 saturated heterocycles. The normalized spacial score (nSPS) is 16.6. The van der Waals surface area contributed by atoms with Crippen molar-refractivity contribution in [1.29, 1.82) is 0 Å². The molecule has 1 aliphatic rings. The van der Waals surface area contributed by atoms with Gasteiger partial charge in [-0.3, -0.25) is 9.59 Å². The molecule has 6 heteroatoms. The SMILES string of the molecule is COc1ccc(C(CNC(=O)C2Cc3ccccc3CN2C(=O)CC(C)C)N(C)C)cc1. The van der Waals surface area contributed by atoms with Crippen LogP contribution in [0, 0.1) is 5.92 Å². The quantitative estimate of drug-likeness (QED) is 0.688. The molecular formula is C26H35N3O3. The fourth-order valence-electron chi connectivity index (χ4n) is 4.23. The molecule has 0 saturated carbocycles. The molecule has 0 fully saturated rings. The molecule has 2 aromatic rings. The maximum atomic E-state index is 13.3. The topological polar surface area (TPSA) is 61.9 Å². The van der Waals surface area contributed by atoms with E-state index in [2.05, 4.69) is 16.3 Å². The summed E-state index contributed by atoms with van der Waals surface area (Å²) in [5.74, 6) is 0.984. The third-order valence-electron chi connectivity index (χ3n) is 6.05. The van der Waals surface area contributed by atoms with Gasteiger partial charge < -0.3 is 19.9 Å². The van der Waals surface area contributed by atoms with Crippen molar-refractivity contribution >= 4 is 11.8 Å². The van der Waals surface area contributed by atoms with Gasteiger partial charge in [-0.2, -0.15) is 0 Å². The number of ether oxygens (including phenoxy) is 1. The highest BCUT2D eigenvalue weighted by molar-refractivity contribution is 5.88. The van der Waals surface area contributed by atoms with E-state index in [0.29, 0.717) is 25.9 Å². The maximum Gasteiger partial charge on any atom is 0.243 e. The molecule has 1 aliphatic heterocycles. The summed E-state index contributed by atoms with van der Waals surface area (Å²) < 4.78 is 5.26. The van der Waals surface area contributed by atoms with Gasteiger partial charge in [0, 0.05) is 25.9 Å². The number of methoxy groups -OCH3 is 1. The predicted molar refractivity (Wildman–Crippen MR) is 126 cm³/mol. The minimum Gasteiger partial charge on any atom is -0.497 e. The highest BCUT2D eigenvalue weighted by atomic mass is 16.5. The number of nitrogens with zero attached hydrogens (tertiary/aromatic N) is 2. The summed E-state index contributed by atoms with van der Waals surface area (Å²) in [5.41, 5.74) is 3.36. The lowest BCUT2D eigenvalue weighted by atomic mass is 9.92. The van der Waals surface area contributed by atoms with Gasteiger partial charge in [0.15, 0.2) is 0 Å². The zero-order chi connectivity index (χ0) is 23.3. The minimum absolute atomic E-state index is 0.0144. The van der Waals surface area contributed by atoms with Crippen LogP contribution in [0.25, 0.3) is 0 Å². The number of benzene rings is 2. The average molecular weight is 438 g/mol. The summed E-state index contributed by atoms with van der Waals surface area (Å²) in [6, 6.07) is 15.5. The highest BCUT2D eigenvalue weighted by Crippen LogP contribution is 2.26. The number of hydrogen-bond acceptors (Lipinski definition) is 4. The van der Waals surface area contributed by atoms with Gasteiger partial charge in [-0.1, -0.05) is 50.2 Å². The monoisotopic (exact) mass is 437 g/mol. The Kier molecular flexibility index (Phi) is 7.91. The van der Waals surface area contributed by atoms with E-state index in [1.54, 1.807) is 12.0 Å². The van der Waals surface area contributed by atoms with Crippen LogP contribution in [-0.2, 0) is 22.6 Å². The van der Waals surface area contributed by atoms with Crippen molar-refractivity contribution in [3.05, 3.63) is 65.2 Å². The molecule has 1 N–H and O–H groups in total. The van der Waals surface area contributed by atoms with E-state index in [1.807, 2.05) is 70.4 Å². The summed E-state index contributed by atoms with van der Waals surface area (Å²) in [7, 11) is 5.64. The van der Waals surface area contributed by atoms with Gasteiger partial charge in [-0.05, 0) is 48.8 Å². The lowest BCUT2D eigenvalue weighted by molar-refractivity contribution is -0.142. The number of hydrogen-bond donors (Lipinski definition) is 1. The van der Waals surface area contributed by atoms with Crippen LogP contribution in [0.5, 0.6) is 5.75 Å². The van der Waals surface area contributed by atoms with Gasteiger partial charge in [0.2, 0.25) is 11.8 Å². The van der Waals surface area contributed by atoms with Gasteiger partial charge in [0.1, 0.15) is 11.8 Å². The van der Waals surface area contributed by atoms with Gasteiger partial charge in [-0.15, -0.1) is 0 Å². The molecule has 0 aromatic heterocycles. The summed E-state index contributed by atoms with van der Waals surface area (Å²) in [4.78, 5) is 30.2. The number of rotatable bonds is 8. The fraction of sp³-hybridized carbons (Fsp3) is 0.462. The van der Waals surface area contributed by atoms with Crippen LogP contribution < -0.4 is 10.1 Å². The van der Waals surface area contributed by atoms with E-state index < -0.39 is 6.04 Å². The number of amides is 2. The minimum atomic E-state index is -0.491. The highest BCUT2D eigenvalue weighted by Gasteiger charge is 2.34. The van der Waals surface area contributed by atoms with E-state index in [4.69, 9.17) is 4.74 Å². The maximum absolute atomic E-state index is 13.3. The zero-order valence-corrected chi connectivity index (χ0v) is 19.8. The predicted octanol–water partition coefficient (Wildman–Crippen LogP) is 3.41. The molecule has 6 nitrogen and oxygen atoms in total. The molecule has 0 aliphatic carbocycles. The third-order valence-corrected chi connectivity index (χ3v) is 6.05. The molecule has 0 radical (unpaired) electrons. The van der Waals surface area contributed by atoms with E-state index in [1.165, 1.54) is 0 Å². The van der Waals surface area contributed by atoms with Gasteiger partial charge in [-0.25, -0.2) is 0 Å². The van der Waals surface area contributed by atoms with E-state index in [9.17, 15) is 9.59 Å². The van der Waals surface area contributed by atoms with Crippen LogP contribution in [0.15, 0.2) is 48.5 Å². The van der Waals surface area contributed by atoms with Crippen molar-refractivity contribution in [2.75, 3.05) is 27.7 Å². The first-order valence-corrected chi connectivity index (χ1v) is 11.2. The number of likely N-dealkylation sites (N-methyl/N-ethyl adjacent to an activating group) is 1. The number of nitrogens with one attached hydrogen (secondary N) is 1. The van der Waals surface area contributed by atoms with Crippen LogP contribution in [0.1, 0.15) is 43.0 Å². The van der Waals surface area contributed by atoms with Gasteiger partial charge in [0.05, 0.1) is 13.2 Å². The third kappa shape index (κ3) is 5.68. The van der Waals surface area contributed by atoms with Crippen LogP contribution in [0.2, 0.25) is 0 Å². The van der Waals surface area contributed by atoms with Crippen LogP contribution in [0.3, 0.4) is 0 Å². The number of carbonyl (C=O) groups is 2. The van der Waals surface area contributed by atoms with E-state index >= 15 is 0 Å². The molecule has 2 aromatic carbocycles. The molecular weight excluding hydrogens is 402 g/mol. The Bertz CT molecular complexity index is 924. The van der Waals surface area contributed by atoms with Crippen molar-refractivity contribution in [3.8, 4) is 5.75 Å². The van der Waals surface area contributed by atoms with Crippen molar-refractivity contribution in [1.82, 2.24) is 15.1 Å². The van der Waals surface area contributed by atoms with Crippen LogP contribution in [-0.4, -0.2) is 55.4 Å². The first-order valence-electron chi connectivity index (χ1n) is 11.2. The molecule has 172 valence electrons. The van der Waals surface area contributed by atoms with Crippen molar-refractivity contribution < 1.29 is 14.3 Å². The lowest BCUT2D eigenvalue weighted by Gasteiger charge is -2.37. The summed E-state index contributed by atoms with van der Waals surface area (Å²) in [6.45, 7) is 5.00. The van der Waals surface area contributed by atoms with Crippen LogP contribution >= 0.6 is 0 Å². The van der Waals surface area contributed by atoms with Crippen molar-refractivity contribution in [2.45, 2.75) is 45.3 Å². The summed E-state index contributed by atoms with van der Waals surface area (Å²) >= 11 is 0. The molecule has 2 unspecified atom stereocenters. The molecule has 32 heavy (non-hydrogen) atoms. The Labute approximate surface area is 191 Å². The largest absolute Gasteiger partial charge is 0.497 e. The molecule has 0 spiro atoms. The molecule has 1 heterocycles. The standard InChI is InChI=1S/C26H35N3O3/c1-18(2)14-25(30)29-17-21-9-7-6-8-20(21)15-23(29)26(31)27-16-24(28(3)4)19-10-12-22(32-5)13-11-19/h6-13,18,23-24H,14-17H2,1-5H3,(H,27,31). The molecule has 2 amide bonds. The number of carbonyl (C=O) groups excluding carboxylic acids is 2. The second kappa shape index (κ2) is 10.6. The first kappa shape index (κ1) is 23.8. The Morgan fingerprint density at radius 1 is 1.09 bits per heavy atom. The second-order valence-electron chi connectivity index (χ2n) is 9.11. The van der Waals surface area contributed by atoms with E-state index in [-0.39, 0.29) is 23.8 Å². The van der Waals surface area contributed by atoms with Crippen molar-refractivity contribution in [2.24, 2.45) is 5.92 Å². The van der Waals surface area contributed by atoms with Gasteiger partial charge >= 0.3 is 0 Å². The van der Waals surface area contributed by atoms with Crippen LogP contribution in [0.4, 0.5) is 0 Å². The molecule has 3 rings (SSSR count). The zero-order valence-electron chi connectivity index (χ0n) is 19.8. The first-order chi connectivity index (χ1) is 15.3. The van der Waals surface area contributed by atoms with Gasteiger partial charge in [0.25, 0.3) is 0 Å². The average Bonchev–Trinajstić information content (AvgIpc) is 2.78. The fourth-order valence-corrected chi connectivity index (χ4v) is 4.23. The molecule has 0 bridgehead atoms. The van der Waals surface area contributed by atoms with E-state index in [0.717, 1.165) is 22.4 Å². The summed E-state index contributed by atoms with van der Waals surface area (Å²) in [6.07, 6.45) is 0.985. The Morgan fingerprint density at radius 2 is 1.75 bits per heavy atom. The second-order valence-corrected chi connectivity index (χ2v) is 9.11. The Hall–Kier alpha value is -2.86. The Morgan fingerprint density at radius 3 is 2.34 bits per heavy atom. The summed E-state index contributed by atoms with van der Waals surface area (Å²) in [5, 5.41) is 3.12. The Balaban J connectivity index is 1.75.